The normalized spacial score (nSPS) is 19.6. The van der Waals surface area contributed by atoms with E-state index in [0.29, 0.717) is 11.5 Å². The molecule has 0 amide bonds. The molecule has 1 aromatic heterocycles. The molecule has 1 aromatic rings. The van der Waals surface area contributed by atoms with E-state index in [4.69, 9.17) is 5.26 Å². The molecule has 0 spiro atoms. The zero-order chi connectivity index (χ0) is 12.1. The molecular weight excluding hydrogens is 212 g/mol. The highest BCUT2D eigenvalue weighted by molar-refractivity contribution is 5.52. The summed E-state index contributed by atoms with van der Waals surface area (Å²) in [6.45, 7) is 3.16. The lowest BCUT2D eigenvalue weighted by Crippen LogP contribution is -2.37. The summed E-state index contributed by atoms with van der Waals surface area (Å²) in [6, 6.07) is 5.81. The topological polar surface area (TPSA) is 52.0 Å². The van der Waals surface area contributed by atoms with Crippen LogP contribution >= 0.6 is 0 Å². The molecule has 1 atom stereocenters. The number of rotatable bonds is 3. The standard InChI is InChI=1S/C13H18N4/c1-17(10-11-4-2-6-15-9-11)13-12(8-14)5-3-7-16-13/h3,5,7,11,15H,2,4,6,9-10H2,1H3/t11-/m0/s1. The van der Waals surface area contributed by atoms with Crippen LogP contribution in [0.3, 0.4) is 0 Å². The Bertz CT molecular complexity index is 404. The summed E-state index contributed by atoms with van der Waals surface area (Å²) in [5.74, 6) is 1.45. The first-order valence-corrected chi connectivity index (χ1v) is 6.08. The van der Waals surface area contributed by atoms with Crippen LogP contribution in [-0.2, 0) is 0 Å². The second-order valence-corrected chi connectivity index (χ2v) is 4.58. The molecule has 1 aliphatic heterocycles. The van der Waals surface area contributed by atoms with Crippen LogP contribution in [0.25, 0.3) is 0 Å². The van der Waals surface area contributed by atoms with Gasteiger partial charge in [0.15, 0.2) is 0 Å². The maximum absolute atomic E-state index is 9.04. The van der Waals surface area contributed by atoms with Gasteiger partial charge < -0.3 is 10.2 Å². The lowest BCUT2D eigenvalue weighted by molar-refractivity contribution is 0.380. The van der Waals surface area contributed by atoms with Crippen molar-refractivity contribution in [1.29, 1.82) is 5.26 Å². The van der Waals surface area contributed by atoms with Crippen molar-refractivity contribution >= 4 is 5.82 Å². The van der Waals surface area contributed by atoms with Crippen LogP contribution in [0.5, 0.6) is 0 Å². The minimum atomic E-state index is 0.652. The van der Waals surface area contributed by atoms with Crippen molar-refractivity contribution in [2.24, 2.45) is 5.92 Å². The number of hydrogen-bond acceptors (Lipinski definition) is 4. The lowest BCUT2D eigenvalue weighted by atomic mass is 9.99. The van der Waals surface area contributed by atoms with Crippen molar-refractivity contribution in [3.05, 3.63) is 23.9 Å². The predicted octanol–water partition coefficient (Wildman–Crippen LogP) is 1.39. The van der Waals surface area contributed by atoms with Crippen LogP contribution in [0, 0.1) is 17.2 Å². The second kappa shape index (κ2) is 5.65. The number of nitrogens with one attached hydrogen (secondary N) is 1. The molecule has 0 bridgehead atoms. The molecule has 1 saturated heterocycles. The van der Waals surface area contributed by atoms with Gasteiger partial charge in [0.1, 0.15) is 11.9 Å². The first-order valence-electron chi connectivity index (χ1n) is 6.08. The zero-order valence-electron chi connectivity index (χ0n) is 10.2. The minimum Gasteiger partial charge on any atom is -0.358 e. The van der Waals surface area contributed by atoms with Gasteiger partial charge in [0.2, 0.25) is 0 Å². The van der Waals surface area contributed by atoms with Crippen molar-refractivity contribution < 1.29 is 0 Å². The molecule has 2 heterocycles. The van der Waals surface area contributed by atoms with Gasteiger partial charge >= 0.3 is 0 Å². The van der Waals surface area contributed by atoms with E-state index in [9.17, 15) is 0 Å². The molecule has 0 radical (unpaired) electrons. The molecule has 17 heavy (non-hydrogen) atoms. The molecule has 1 aliphatic rings. The third-order valence-corrected chi connectivity index (χ3v) is 3.20. The molecule has 1 N–H and O–H groups in total. The maximum Gasteiger partial charge on any atom is 0.146 e. The van der Waals surface area contributed by atoms with E-state index in [0.717, 1.165) is 25.5 Å². The SMILES string of the molecule is CN(C[C@H]1CCCNC1)c1ncccc1C#N. The number of anilines is 1. The van der Waals surface area contributed by atoms with E-state index in [1.807, 2.05) is 13.1 Å². The van der Waals surface area contributed by atoms with Gasteiger partial charge in [0.05, 0.1) is 5.56 Å². The average molecular weight is 230 g/mol. The van der Waals surface area contributed by atoms with E-state index >= 15 is 0 Å². The fourth-order valence-corrected chi connectivity index (χ4v) is 2.34. The predicted molar refractivity (Wildman–Crippen MR) is 67.8 cm³/mol. The van der Waals surface area contributed by atoms with Crippen LogP contribution < -0.4 is 10.2 Å². The second-order valence-electron chi connectivity index (χ2n) is 4.58. The van der Waals surface area contributed by atoms with Gasteiger partial charge in [-0.3, -0.25) is 0 Å². The van der Waals surface area contributed by atoms with E-state index < -0.39 is 0 Å². The Morgan fingerprint density at radius 1 is 1.65 bits per heavy atom. The smallest absolute Gasteiger partial charge is 0.146 e. The Kier molecular flexibility index (Phi) is 3.94. The third kappa shape index (κ3) is 2.95. The summed E-state index contributed by atoms with van der Waals surface area (Å²) in [5, 5.41) is 12.5. The van der Waals surface area contributed by atoms with Crippen molar-refractivity contribution in [1.82, 2.24) is 10.3 Å². The number of piperidine rings is 1. The molecule has 0 aliphatic carbocycles. The summed E-state index contributed by atoms with van der Waals surface area (Å²) >= 11 is 0. The van der Waals surface area contributed by atoms with E-state index in [-0.39, 0.29) is 0 Å². The highest BCUT2D eigenvalue weighted by atomic mass is 15.2. The Balaban J connectivity index is 2.03. The average Bonchev–Trinajstić information content (AvgIpc) is 2.40. The number of nitriles is 1. The van der Waals surface area contributed by atoms with Crippen molar-refractivity contribution in [3.63, 3.8) is 0 Å². The van der Waals surface area contributed by atoms with Gasteiger partial charge in [0, 0.05) is 19.8 Å². The molecule has 0 aromatic carbocycles. The summed E-state index contributed by atoms with van der Waals surface area (Å²) in [5.41, 5.74) is 0.652. The van der Waals surface area contributed by atoms with Gasteiger partial charge in [-0.2, -0.15) is 5.26 Å². The van der Waals surface area contributed by atoms with Crippen LogP contribution in [0.2, 0.25) is 0 Å². The number of pyridine rings is 1. The van der Waals surface area contributed by atoms with Crippen LogP contribution in [0.4, 0.5) is 5.82 Å². The largest absolute Gasteiger partial charge is 0.358 e. The summed E-state index contributed by atoms with van der Waals surface area (Å²) < 4.78 is 0. The number of hydrogen-bond donors (Lipinski definition) is 1. The first-order chi connectivity index (χ1) is 8.31. The molecule has 4 nitrogen and oxygen atoms in total. The maximum atomic E-state index is 9.04. The Labute approximate surface area is 102 Å². The monoisotopic (exact) mass is 230 g/mol. The zero-order valence-corrected chi connectivity index (χ0v) is 10.2. The molecule has 1 fully saturated rings. The minimum absolute atomic E-state index is 0.652. The lowest BCUT2D eigenvalue weighted by Gasteiger charge is -2.28. The van der Waals surface area contributed by atoms with Gasteiger partial charge in [0.25, 0.3) is 0 Å². The number of aromatic nitrogens is 1. The van der Waals surface area contributed by atoms with E-state index in [2.05, 4.69) is 21.3 Å². The Morgan fingerprint density at radius 3 is 3.24 bits per heavy atom. The van der Waals surface area contributed by atoms with Crippen molar-refractivity contribution in [3.8, 4) is 6.07 Å². The molecule has 90 valence electrons. The highest BCUT2D eigenvalue weighted by Crippen LogP contribution is 2.18. The van der Waals surface area contributed by atoms with Crippen molar-refractivity contribution in [2.45, 2.75) is 12.8 Å². The first kappa shape index (κ1) is 11.9. The van der Waals surface area contributed by atoms with Gasteiger partial charge in [-0.05, 0) is 44.0 Å². The van der Waals surface area contributed by atoms with Crippen LogP contribution in [0.1, 0.15) is 18.4 Å². The molecule has 4 heteroatoms. The van der Waals surface area contributed by atoms with Gasteiger partial charge in [-0.25, -0.2) is 4.98 Å². The fourth-order valence-electron chi connectivity index (χ4n) is 2.34. The summed E-state index contributed by atoms with van der Waals surface area (Å²) in [7, 11) is 2.01. The molecular formula is C13H18N4. The van der Waals surface area contributed by atoms with Gasteiger partial charge in [-0.1, -0.05) is 0 Å². The van der Waals surface area contributed by atoms with Crippen LogP contribution in [-0.4, -0.2) is 31.7 Å². The summed E-state index contributed by atoms with van der Waals surface area (Å²) in [6.07, 6.45) is 4.24. The fraction of sp³-hybridized carbons (Fsp3) is 0.538. The summed E-state index contributed by atoms with van der Waals surface area (Å²) in [4.78, 5) is 6.39. The molecule has 0 saturated carbocycles. The van der Waals surface area contributed by atoms with Crippen LogP contribution in [0.15, 0.2) is 18.3 Å². The Hall–Kier alpha value is -1.60. The quantitative estimate of drug-likeness (QED) is 0.852. The number of nitrogens with zero attached hydrogens (tertiary/aromatic N) is 3. The van der Waals surface area contributed by atoms with Gasteiger partial charge in [-0.15, -0.1) is 0 Å². The van der Waals surface area contributed by atoms with E-state index in [1.165, 1.54) is 12.8 Å². The third-order valence-electron chi connectivity index (χ3n) is 3.20. The highest BCUT2D eigenvalue weighted by Gasteiger charge is 2.17. The van der Waals surface area contributed by atoms with E-state index in [1.54, 1.807) is 12.3 Å². The van der Waals surface area contributed by atoms with Crippen molar-refractivity contribution in [2.75, 3.05) is 31.6 Å². The molecule has 0 unspecified atom stereocenters. The molecule has 2 rings (SSSR count). The Morgan fingerprint density at radius 2 is 2.53 bits per heavy atom.